The van der Waals surface area contributed by atoms with Crippen LogP contribution in [0.1, 0.15) is 26.2 Å². The largest absolute Gasteiger partial charge is 0.383 e. The second-order valence-electron chi connectivity index (χ2n) is 6.62. The smallest absolute Gasteiger partial charge is 0.257 e. The van der Waals surface area contributed by atoms with E-state index in [0.29, 0.717) is 23.9 Å². The lowest BCUT2D eigenvalue weighted by atomic mass is 10.2. The van der Waals surface area contributed by atoms with Crippen LogP contribution in [0.4, 0.5) is 5.82 Å². The highest BCUT2D eigenvalue weighted by molar-refractivity contribution is 7.89. The van der Waals surface area contributed by atoms with Crippen molar-refractivity contribution in [1.82, 2.24) is 9.88 Å². The van der Waals surface area contributed by atoms with Gasteiger partial charge in [-0.3, -0.25) is 9.69 Å². The quantitative estimate of drug-likeness (QED) is 0.841. The predicted molar refractivity (Wildman–Crippen MR) is 84.9 cm³/mol. The van der Waals surface area contributed by atoms with Gasteiger partial charge in [-0.15, -0.1) is 0 Å². The highest BCUT2D eigenvalue weighted by Gasteiger charge is 2.41. The van der Waals surface area contributed by atoms with Gasteiger partial charge < -0.3 is 9.63 Å². The second-order valence-corrected chi connectivity index (χ2v) is 8.31. The zero-order chi connectivity index (χ0) is 17.1. The number of benzene rings is 1. The number of anilines is 1. The van der Waals surface area contributed by atoms with Crippen molar-refractivity contribution < 1.29 is 22.8 Å². The van der Waals surface area contributed by atoms with Crippen LogP contribution in [-0.2, 0) is 14.8 Å². The minimum Gasteiger partial charge on any atom is -0.383 e. The summed E-state index contributed by atoms with van der Waals surface area (Å²) in [6.45, 7) is 2.17. The summed E-state index contributed by atoms with van der Waals surface area (Å²) >= 11 is 0. The van der Waals surface area contributed by atoms with Gasteiger partial charge in [-0.05, 0) is 38.0 Å². The lowest BCUT2D eigenvalue weighted by Crippen LogP contribution is -2.34. The van der Waals surface area contributed by atoms with Gasteiger partial charge in [0.25, 0.3) is 5.91 Å². The minimum atomic E-state index is -3.66. The summed E-state index contributed by atoms with van der Waals surface area (Å²) in [6, 6.07) is 4.42. The Labute approximate surface area is 138 Å². The molecule has 9 heteroatoms. The van der Waals surface area contributed by atoms with Crippen LogP contribution in [0.15, 0.2) is 27.6 Å². The van der Waals surface area contributed by atoms with E-state index in [4.69, 9.17) is 4.52 Å². The predicted octanol–water partition coefficient (Wildman–Crippen LogP) is 0.756. The monoisotopic (exact) mass is 351 g/mol. The molecule has 2 fully saturated rings. The fraction of sp³-hybridized carbons (Fsp3) is 0.467. The molecule has 4 rings (SSSR count). The molecule has 0 spiro atoms. The van der Waals surface area contributed by atoms with Crippen LogP contribution < -0.4 is 9.62 Å². The van der Waals surface area contributed by atoms with Crippen LogP contribution in [0.2, 0.25) is 0 Å². The van der Waals surface area contributed by atoms with Crippen LogP contribution >= 0.6 is 0 Å². The van der Waals surface area contributed by atoms with Crippen LogP contribution in [0.3, 0.4) is 0 Å². The number of aromatic nitrogens is 1. The SMILES string of the molecule is CC1(NS(=O)(=O)c2ccc3onc(N4CC[C@H](O)C4=O)c3c2)CC1. The van der Waals surface area contributed by atoms with E-state index in [1.807, 2.05) is 6.92 Å². The van der Waals surface area contributed by atoms with Crippen molar-refractivity contribution >= 4 is 32.7 Å². The molecule has 8 nitrogen and oxygen atoms in total. The van der Waals surface area contributed by atoms with E-state index in [0.717, 1.165) is 12.8 Å². The van der Waals surface area contributed by atoms with Gasteiger partial charge in [0.1, 0.15) is 6.10 Å². The molecule has 1 amide bonds. The number of fused-ring (bicyclic) bond motifs is 1. The van der Waals surface area contributed by atoms with Gasteiger partial charge in [-0.25, -0.2) is 13.1 Å². The van der Waals surface area contributed by atoms with Crippen molar-refractivity contribution in [3.8, 4) is 0 Å². The summed E-state index contributed by atoms with van der Waals surface area (Å²) in [4.78, 5) is 13.4. The van der Waals surface area contributed by atoms with Crippen molar-refractivity contribution in [2.75, 3.05) is 11.4 Å². The fourth-order valence-electron chi connectivity index (χ4n) is 2.81. The Kier molecular flexibility index (Phi) is 3.25. The molecule has 1 aromatic carbocycles. The van der Waals surface area contributed by atoms with Crippen molar-refractivity contribution in [2.45, 2.75) is 42.7 Å². The number of nitrogens with zero attached hydrogens (tertiary/aromatic N) is 2. The number of carbonyl (C=O) groups excluding carboxylic acids is 1. The van der Waals surface area contributed by atoms with Gasteiger partial charge in [0.2, 0.25) is 10.0 Å². The van der Waals surface area contributed by atoms with Crippen LogP contribution in [0.25, 0.3) is 11.0 Å². The zero-order valence-electron chi connectivity index (χ0n) is 13.0. The molecule has 1 aromatic heterocycles. The van der Waals surface area contributed by atoms with E-state index in [9.17, 15) is 18.3 Å². The number of nitrogens with one attached hydrogen (secondary N) is 1. The highest BCUT2D eigenvalue weighted by atomic mass is 32.2. The standard InChI is InChI=1S/C15H17N3O5S/c1-15(5-6-15)17-24(21,22)9-2-3-12-10(8-9)13(16-23-12)18-7-4-11(19)14(18)20/h2-3,8,11,17,19H,4-7H2,1H3/t11-/m0/s1. The molecular weight excluding hydrogens is 334 g/mol. The van der Waals surface area contributed by atoms with Gasteiger partial charge in [0.15, 0.2) is 11.4 Å². The van der Waals surface area contributed by atoms with Gasteiger partial charge in [-0.2, -0.15) is 0 Å². The molecule has 2 N–H and O–H groups in total. The lowest BCUT2D eigenvalue weighted by Gasteiger charge is -2.13. The molecule has 128 valence electrons. The molecule has 0 bridgehead atoms. The van der Waals surface area contributed by atoms with Crippen molar-refractivity contribution in [1.29, 1.82) is 0 Å². The van der Waals surface area contributed by atoms with Gasteiger partial charge in [0.05, 0.1) is 10.3 Å². The molecule has 2 aliphatic rings. The first-order chi connectivity index (χ1) is 11.3. The van der Waals surface area contributed by atoms with Crippen LogP contribution in [-0.4, -0.2) is 42.8 Å². The molecule has 2 heterocycles. The molecule has 0 radical (unpaired) electrons. The molecule has 24 heavy (non-hydrogen) atoms. The van der Waals surface area contributed by atoms with Crippen molar-refractivity contribution in [2.24, 2.45) is 0 Å². The number of aliphatic hydroxyl groups excluding tert-OH is 1. The number of sulfonamides is 1. The fourth-order valence-corrected chi connectivity index (χ4v) is 4.31. The molecule has 1 saturated carbocycles. The average molecular weight is 351 g/mol. The molecule has 0 unspecified atom stereocenters. The number of rotatable bonds is 4. The summed E-state index contributed by atoms with van der Waals surface area (Å²) in [5.41, 5.74) is 0.0103. The number of amides is 1. The van der Waals surface area contributed by atoms with Crippen molar-refractivity contribution in [3.63, 3.8) is 0 Å². The zero-order valence-corrected chi connectivity index (χ0v) is 13.8. The number of aliphatic hydroxyl groups is 1. The summed E-state index contributed by atoms with van der Waals surface area (Å²) in [7, 11) is -3.66. The van der Waals surface area contributed by atoms with E-state index in [1.54, 1.807) is 0 Å². The summed E-state index contributed by atoms with van der Waals surface area (Å²) in [5.74, 6) is -0.219. The van der Waals surface area contributed by atoms with E-state index >= 15 is 0 Å². The maximum absolute atomic E-state index is 12.5. The Balaban J connectivity index is 1.75. The third kappa shape index (κ3) is 2.48. The molecule has 1 saturated heterocycles. The number of carbonyl (C=O) groups is 1. The first-order valence-corrected chi connectivity index (χ1v) is 9.20. The molecular formula is C15H17N3O5S. The van der Waals surface area contributed by atoms with Crippen molar-refractivity contribution in [3.05, 3.63) is 18.2 Å². The Morgan fingerprint density at radius 1 is 1.42 bits per heavy atom. The van der Waals surface area contributed by atoms with Crippen LogP contribution in [0, 0.1) is 0 Å². The maximum atomic E-state index is 12.5. The van der Waals surface area contributed by atoms with Gasteiger partial charge in [0, 0.05) is 18.5 Å². The van der Waals surface area contributed by atoms with Gasteiger partial charge >= 0.3 is 0 Å². The molecule has 1 aliphatic carbocycles. The third-order valence-electron chi connectivity index (χ3n) is 4.55. The Bertz CT molecular complexity index is 932. The van der Waals surface area contributed by atoms with E-state index in [1.165, 1.54) is 23.1 Å². The number of hydrogen-bond acceptors (Lipinski definition) is 6. The minimum absolute atomic E-state index is 0.0970. The molecule has 1 aliphatic heterocycles. The number of hydrogen-bond donors (Lipinski definition) is 2. The Hall–Kier alpha value is -1.97. The average Bonchev–Trinajstić information content (AvgIpc) is 2.95. The Morgan fingerprint density at radius 2 is 2.17 bits per heavy atom. The topological polar surface area (TPSA) is 113 Å². The first-order valence-electron chi connectivity index (χ1n) is 7.72. The first kappa shape index (κ1) is 15.6. The molecule has 1 atom stereocenters. The summed E-state index contributed by atoms with van der Waals surface area (Å²) < 4.78 is 32.9. The van der Waals surface area contributed by atoms with Crippen LogP contribution in [0.5, 0.6) is 0 Å². The maximum Gasteiger partial charge on any atom is 0.257 e. The van der Waals surface area contributed by atoms with E-state index < -0.39 is 22.0 Å². The Morgan fingerprint density at radius 3 is 2.79 bits per heavy atom. The normalized spacial score (nSPS) is 23.2. The van der Waals surface area contributed by atoms with Gasteiger partial charge in [-0.1, -0.05) is 5.16 Å². The highest BCUT2D eigenvalue weighted by Crippen LogP contribution is 2.37. The van der Waals surface area contributed by atoms with E-state index in [2.05, 4.69) is 9.88 Å². The summed E-state index contributed by atoms with van der Waals surface area (Å²) in [5, 5.41) is 13.9. The van der Waals surface area contributed by atoms with E-state index in [-0.39, 0.29) is 16.3 Å². The molecule has 2 aromatic rings. The lowest BCUT2D eigenvalue weighted by molar-refractivity contribution is -0.124. The second kappa shape index (κ2) is 5.01. The summed E-state index contributed by atoms with van der Waals surface area (Å²) in [6.07, 6.45) is 0.880. The third-order valence-corrected chi connectivity index (χ3v) is 6.18.